The van der Waals surface area contributed by atoms with Gasteiger partial charge in [0.1, 0.15) is 18.9 Å². The maximum absolute atomic E-state index is 12.2. The number of esters is 1. The number of H-pyrrole nitrogens is 1. The smallest absolute Gasteiger partial charge is 0.355 e. The number of carbonyl (C=O) groups excluding carboxylic acids is 2. The maximum Gasteiger partial charge on any atom is 0.355 e. The third-order valence-electron chi connectivity index (χ3n) is 4.06. The largest absolute Gasteiger partial charge is 0.486 e. The fraction of sp³-hybridized carbons (Fsp3) is 0.368. The summed E-state index contributed by atoms with van der Waals surface area (Å²) < 4.78 is 16.2. The number of rotatable bonds is 6. The van der Waals surface area contributed by atoms with Crippen LogP contribution in [0.1, 0.15) is 35.9 Å². The molecular weight excluding hydrogens is 336 g/mol. The number of ether oxygens (including phenoxy) is 3. The van der Waals surface area contributed by atoms with Crippen LogP contribution in [0, 0.1) is 5.92 Å². The van der Waals surface area contributed by atoms with Crippen LogP contribution in [0.15, 0.2) is 36.5 Å². The first-order valence-corrected chi connectivity index (χ1v) is 8.54. The summed E-state index contributed by atoms with van der Waals surface area (Å²) in [5.41, 5.74) is 1.22. The van der Waals surface area contributed by atoms with Crippen molar-refractivity contribution >= 4 is 11.9 Å². The van der Waals surface area contributed by atoms with Crippen molar-refractivity contribution in [1.82, 2.24) is 10.3 Å². The summed E-state index contributed by atoms with van der Waals surface area (Å²) in [6.45, 7) is 4.71. The number of aromatic nitrogens is 1. The monoisotopic (exact) mass is 358 g/mol. The van der Waals surface area contributed by atoms with E-state index in [-0.39, 0.29) is 24.5 Å². The average molecular weight is 358 g/mol. The Kier molecular flexibility index (Phi) is 5.46. The zero-order valence-electron chi connectivity index (χ0n) is 14.8. The van der Waals surface area contributed by atoms with Gasteiger partial charge >= 0.3 is 5.97 Å². The molecule has 2 N–H and O–H groups in total. The third kappa shape index (κ3) is 4.17. The van der Waals surface area contributed by atoms with Crippen molar-refractivity contribution < 1.29 is 23.8 Å². The molecule has 1 aliphatic heterocycles. The van der Waals surface area contributed by atoms with Gasteiger partial charge < -0.3 is 24.5 Å². The van der Waals surface area contributed by atoms with Gasteiger partial charge in [0.25, 0.3) is 5.91 Å². The lowest BCUT2D eigenvalue weighted by Crippen LogP contribution is -2.35. The summed E-state index contributed by atoms with van der Waals surface area (Å²) in [5, 5.41) is 2.92. The van der Waals surface area contributed by atoms with Gasteiger partial charge in [-0.25, -0.2) is 4.79 Å². The van der Waals surface area contributed by atoms with Gasteiger partial charge in [-0.05, 0) is 35.7 Å². The van der Waals surface area contributed by atoms with Gasteiger partial charge in [0, 0.05) is 6.20 Å². The lowest BCUT2D eigenvalue weighted by Gasteiger charge is -2.25. The molecule has 138 valence electrons. The van der Waals surface area contributed by atoms with E-state index >= 15 is 0 Å². The average Bonchev–Trinajstić information content (AvgIpc) is 3.18. The molecule has 0 spiro atoms. The zero-order valence-corrected chi connectivity index (χ0v) is 14.8. The van der Waals surface area contributed by atoms with Crippen LogP contribution in [0.5, 0.6) is 11.5 Å². The van der Waals surface area contributed by atoms with Crippen LogP contribution in [0.25, 0.3) is 0 Å². The molecule has 0 aliphatic carbocycles. The minimum absolute atomic E-state index is 0.139. The van der Waals surface area contributed by atoms with Gasteiger partial charge in [-0.15, -0.1) is 0 Å². The van der Waals surface area contributed by atoms with Crippen molar-refractivity contribution in [2.75, 3.05) is 19.8 Å². The molecule has 0 saturated heterocycles. The first-order chi connectivity index (χ1) is 12.5. The summed E-state index contributed by atoms with van der Waals surface area (Å²) in [7, 11) is 0. The fourth-order valence-corrected chi connectivity index (χ4v) is 2.77. The quantitative estimate of drug-likeness (QED) is 0.774. The van der Waals surface area contributed by atoms with Crippen molar-refractivity contribution in [3.05, 3.63) is 47.8 Å². The second kappa shape index (κ2) is 7.95. The number of amides is 1. The van der Waals surface area contributed by atoms with Crippen LogP contribution >= 0.6 is 0 Å². The van der Waals surface area contributed by atoms with Crippen molar-refractivity contribution in [1.29, 1.82) is 0 Å². The van der Waals surface area contributed by atoms with Crippen LogP contribution in [0.2, 0.25) is 0 Å². The van der Waals surface area contributed by atoms with Crippen LogP contribution in [0.4, 0.5) is 0 Å². The molecule has 0 radical (unpaired) electrons. The van der Waals surface area contributed by atoms with Gasteiger partial charge in [0.2, 0.25) is 0 Å². The van der Waals surface area contributed by atoms with E-state index in [1.807, 2.05) is 32.0 Å². The molecule has 0 unspecified atom stereocenters. The molecule has 2 heterocycles. The van der Waals surface area contributed by atoms with E-state index in [0.29, 0.717) is 30.4 Å². The Balaban J connectivity index is 1.63. The second-order valence-electron chi connectivity index (χ2n) is 6.35. The second-order valence-corrected chi connectivity index (χ2v) is 6.35. The number of aromatic amines is 1. The highest BCUT2D eigenvalue weighted by molar-refractivity contribution is 5.89. The Morgan fingerprint density at radius 3 is 2.65 bits per heavy atom. The molecule has 0 saturated carbocycles. The van der Waals surface area contributed by atoms with Crippen molar-refractivity contribution in [3.63, 3.8) is 0 Å². The molecule has 7 heteroatoms. The molecule has 1 aliphatic rings. The fourth-order valence-electron chi connectivity index (χ4n) is 2.77. The van der Waals surface area contributed by atoms with Crippen molar-refractivity contribution in [2.45, 2.75) is 19.9 Å². The topological polar surface area (TPSA) is 89.7 Å². The van der Waals surface area contributed by atoms with Crippen molar-refractivity contribution in [2.24, 2.45) is 5.92 Å². The van der Waals surface area contributed by atoms with E-state index in [9.17, 15) is 9.59 Å². The number of fused-ring (bicyclic) bond motifs is 1. The Bertz CT molecular complexity index is 770. The molecule has 0 fully saturated rings. The third-order valence-corrected chi connectivity index (χ3v) is 4.06. The van der Waals surface area contributed by atoms with Crippen LogP contribution in [-0.2, 0) is 9.53 Å². The van der Waals surface area contributed by atoms with E-state index in [2.05, 4.69) is 10.3 Å². The van der Waals surface area contributed by atoms with E-state index in [1.54, 1.807) is 18.3 Å². The lowest BCUT2D eigenvalue weighted by atomic mass is 9.95. The standard InChI is InChI=1S/C19H22N2O5/c1-12(2)18(13-5-6-15-16(10-13)25-9-8-24-15)21-17(22)11-26-19(23)14-4-3-7-20-14/h3-7,10,12,18,20H,8-9,11H2,1-2H3,(H,21,22)/t18-/m1/s1. The molecule has 1 aromatic carbocycles. The number of benzene rings is 1. The highest BCUT2D eigenvalue weighted by atomic mass is 16.6. The van der Waals surface area contributed by atoms with Crippen LogP contribution in [-0.4, -0.2) is 36.7 Å². The van der Waals surface area contributed by atoms with Gasteiger partial charge in [-0.1, -0.05) is 19.9 Å². The van der Waals surface area contributed by atoms with Crippen LogP contribution < -0.4 is 14.8 Å². The molecule has 1 aromatic heterocycles. The van der Waals surface area contributed by atoms with Gasteiger partial charge in [0.05, 0.1) is 6.04 Å². The lowest BCUT2D eigenvalue weighted by molar-refractivity contribution is -0.125. The maximum atomic E-state index is 12.2. The van der Waals surface area contributed by atoms with Crippen molar-refractivity contribution in [3.8, 4) is 11.5 Å². The molecular formula is C19H22N2O5. The summed E-state index contributed by atoms with van der Waals surface area (Å²) >= 11 is 0. The number of hydrogen-bond acceptors (Lipinski definition) is 5. The number of hydrogen-bond donors (Lipinski definition) is 2. The van der Waals surface area contributed by atoms with E-state index in [0.717, 1.165) is 5.56 Å². The molecule has 2 aromatic rings. The zero-order chi connectivity index (χ0) is 18.5. The summed E-state index contributed by atoms with van der Waals surface area (Å²) in [5.74, 6) is 0.588. The van der Waals surface area contributed by atoms with Crippen LogP contribution in [0.3, 0.4) is 0 Å². The SMILES string of the molecule is CC(C)[C@@H](NC(=O)COC(=O)c1ccc[nH]1)c1ccc2c(c1)OCCO2. The Morgan fingerprint density at radius 1 is 1.19 bits per heavy atom. The first kappa shape index (κ1) is 17.8. The summed E-state index contributed by atoms with van der Waals surface area (Å²) in [6, 6.07) is 8.67. The van der Waals surface area contributed by atoms with E-state index in [4.69, 9.17) is 14.2 Å². The minimum Gasteiger partial charge on any atom is -0.486 e. The Hall–Kier alpha value is -2.96. The predicted molar refractivity (Wildman–Crippen MR) is 94.2 cm³/mol. The first-order valence-electron chi connectivity index (χ1n) is 8.54. The summed E-state index contributed by atoms with van der Waals surface area (Å²) in [4.78, 5) is 26.8. The predicted octanol–water partition coefficient (Wildman–Crippen LogP) is 2.46. The molecule has 7 nitrogen and oxygen atoms in total. The normalized spacial score (nSPS) is 14.0. The highest BCUT2D eigenvalue weighted by Gasteiger charge is 2.22. The molecule has 1 amide bonds. The minimum atomic E-state index is -0.564. The Labute approximate surface area is 151 Å². The van der Waals surface area contributed by atoms with Gasteiger partial charge in [-0.2, -0.15) is 0 Å². The summed E-state index contributed by atoms with van der Waals surface area (Å²) in [6.07, 6.45) is 1.62. The van der Waals surface area contributed by atoms with Gasteiger partial charge in [-0.3, -0.25) is 4.79 Å². The number of nitrogens with one attached hydrogen (secondary N) is 2. The molecule has 1 atom stereocenters. The van der Waals surface area contributed by atoms with E-state index < -0.39 is 5.97 Å². The molecule has 0 bridgehead atoms. The number of carbonyl (C=O) groups is 2. The van der Waals surface area contributed by atoms with Gasteiger partial charge in [0.15, 0.2) is 18.1 Å². The van der Waals surface area contributed by atoms with E-state index in [1.165, 1.54) is 0 Å². The Morgan fingerprint density at radius 2 is 1.96 bits per heavy atom. The molecule has 26 heavy (non-hydrogen) atoms. The molecule has 3 rings (SSSR count). The highest BCUT2D eigenvalue weighted by Crippen LogP contribution is 2.34.